The van der Waals surface area contributed by atoms with E-state index < -0.39 is 11.6 Å². The first-order chi connectivity index (χ1) is 6.06. The van der Waals surface area contributed by atoms with Gasteiger partial charge in [-0.25, -0.2) is 8.78 Å². The maximum atomic E-state index is 13.0. The van der Waals surface area contributed by atoms with Crippen LogP contribution in [-0.4, -0.2) is 0 Å². The van der Waals surface area contributed by atoms with Crippen LogP contribution in [0, 0.1) is 18.6 Å². The van der Waals surface area contributed by atoms with Crippen molar-refractivity contribution in [1.82, 2.24) is 0 Å². The summed E-state index contributed by atoms with van der Waals surface area (Å²) in [6.07, 6.45) is 0.670. The molecule has 0 aliphatic carbocycles. The molecule has 0 bridgehead atoms. The molecular formula is C10H13F2N. The summed E-state index contributed by atoms with van der Waals surface area (Å²) in [5, 5.41) is 0. The van der Waals surface area contributed by atoms with Gasteiger partial charge in [-0.2, -0.15) is 0 Å². The van der Waals surface area contributed by atoms with Crippen LogP contribution in [-0.2, 0) is 0 Å². The molecule has 0 heterocycles. The third-order valence-corrected chi connectivity index (χ3v) is 2.19. The highest BCUT2D eigenvalue weighted by Crippen LogP contribution is 2.21. The second-order valence-electron chi connectivity index (χ2n) is 3.12. The Morgan fingerprint density at radius 3 is 2.54 bits per heavy atom. The number of nitrogens with two attached hydrogens (primary N) is 1. The zero-order valence-corrected chi connectivity index (χ0v) is 7.77. The number of hydrogen-bond acceptors (Lipinski definition) is 1. The van der Waals surface area contributed by atoms with Crippen molar-refractivity contribution in [3.05, 3.63) is 34.9 Å². The van der Waals surface area contributed by atoms with Crippen LogP contribution in [0.15, 0.2) is 12.1 Å². The van der Waals surface area contributed by atoms with Crippen LogP contribution in [0.25, 0.3) is 0 Å². The molecule has 0 fully saturated rings. The zero-order valence-electron chi connectivity index (χ0n) is 7.77. The summed E-state index contributed by atoms with van der Waals surface area (Å²) in [6.45, 7) is 3.49. The van der Waals surface area contributed by atoms with Gasteiger partial charge in [0.25, 0.3) is 0 Å². The molecule has 1 aromatic rings. The van der Waals surface area contributed by atoms with E-state index in [0.29, 0.717) is 17.5 Å². The maximum absolute atomic E-state index is 13.0. The molecule has 1 aromatic carbocycles. The summed E-state index contributed by atoms with van der Waals surface area (Å²) >= 11 is 0. The van der Waals surface area contributed by atoms with Crippen LogP contribution in [0.3, 0.4) is 0 Å². The summed E-state index contributed by atoms with van der Waals surface area (Å²) in [5.41, 5.74) is 6.70. The SMILES string of the molecule is CC[C@@H](N)c1cc(F)cc(F)c1C. The minimum Gasteiger partial charge on any atom is -0.324 e. The van der Waals surface area contributed by atoms with Gasteiger partial charge in [-0.05, 0) is 30.5 Å². The van der Waals surface area contributed by atoms with Gasteiger partial charge in [0.2, 0.25) is 0 Å². The Labute approximate surface area is 76.6 Å². The van der Waals surface area contributed by atoms with Crippen LogP contribution in [0.4, 0.5) is 8.78 Å². The van der Waals surface area contributed by atoms with Gasteiger partial charge < -0.3 is 5.73 Å². The van der Waals surface area contributed by atoms with Crippen molar-refractivity contribution in [2.75, 3.05) is 0 Å². The van der Waals surface area contributed by atoms with Gasteiger partial charge >= 0.3 is 0 Å². The molecule has 0 radical (unpaired) electrons. The fraction of sp³-hybridized carbons (Fsp3) is 0.400. The van der Waals surface area contributed by atoms with Crippen LogP contribution < -0.4 is 5.73 Å². The third-order valence-electron chi connectivity index (χ3n) is 2.19. The predicted octanol–water partition coefficient (Wildman–Crippen LogP) is 2.68. The van der Waals surface area contributed by atoms with Crippen LogP contribution in [0.2, 0.25) is 0 Å². The Hall–Kier alpha value is -0.960. The summed E-state index contributed by atoms with van der Waals surface area (Å²) in [5.74, 6) is -1.10. The fourth-order valence-corrected chi connectivity index (χ4v) is 1.27. The lowest BCUT2D eigenvalue weighted by molar-refractivity contribution is 0.563. The molecular weight excluding hydrogens is 172 g/mol. The molecule has 1 atom stereocenters. The Balaban J connectivity index is 3.20. The fourth-order valence-electron chi connectivity index (χ4n) is 1.27. The lowest BCUT2D eigenvalue weighted by atomic mass is 9.99. The molecule has 0 aliphatic heterocycles. The number of hydrogen-bond donors (Lipinski definition) is 1. The van der Waals surface area contributed by atoms with Gasteiger partial charge in [0.1, 0.15) is 11.6 Å². The highest BCUT2D eigenvalue weighted by Gasteiger charge is 2.11. The quantitative estimate of drug-likeness (QED) is 0.753. The highest BCUT2D eigenvalue weighted by molar-refractivity contribution is 5.30. The first-order valence-corrected chi connectivity index (χ1v) is 4.27. The van der Waals surface area contributed by atoms with E-state index in [9.17, 15) is 8.78 Å². The van der Waals surface area contributed by atoms with Crippen molar-refractivity contribution in [3.8, 4) is 0 Å². The lowest BCUT2D eigenvalue weighted by Gasteiger charge is -2.12. The molecule has 3 heteroatoms. The van der Waals surface area contributed by atoms with Crippen molar-refractivity contribution in [1.29, 1.82) is 0 Å². The van der Waals surface area contributed by atoms with Gasteiger partial charge in [-0.3, -0.25) is 0 Å². The monoisotopic (exact) mass is 185 g/mol. The third kappa shape index (κ3) is 2.04. The minimum atomic E-state index is -0.568. The Morgan fingerprint density at radius 1 is 1.38 bits per heavy atom. The van der Waals surface area contributed by atoms with Gasteiger partial charge in [-0.15, -0.1) is 0 Å². The smallest absolute Gasteiger partial charge is 0.129 e. The Kier molecular flexibility index (Phi) is 2.98. The largest absolute Gasteiger partial charge is 0.324 e. The van der Waals surface area contributed by atoms with Gasteiger partial charge in [0.05, 0.1) is 0 Å². The van der Waals surface area contributed by atoms with E-state index in [-0.39, 0.29) is 6.04 Å². The molecule has 0 amide bonds. The van der Waals surface area contributed by atoms with E-state index in [1.54, 1.807) is 6.92 Å². The van der Waals surface area contributed by atoms with Crippen molar-refractivity contribution in [2.24, 2.45) is 5.73 Å². The van der Waals surface area contributed by atoms with E-state index in [4.69, 9.17) is 5.73 Å². The molecule has 1 rings (SSSR count). The molecule has 2 N–H and O–H groups in total. The number of rotatable bonds is 2. The molecule has 1 nitrogen and oxygen atoms in total. The molecule has 0 spiro atoms. The number of benzene rings is 1. The topological polar surface area (TPSA) is 26.0 Å². The molecule has 0 saturated heterocycles. The molecule has 72 valence electrons. The van der Waals surface area contributed by atoms with Crippen LogP contribution in [0.5, 0.6) is 0 Å². The van der Waals surface area contributed by atoms with Gasteiger partial charge in [-0.1, -0.05) is 6.92 Å². The Morgan fingerprint density at radius 2 is 2.00 bits per heavy atom. The second kappa shape index (κ2) is 3.83. The summed E-state index contributed by atoms with van der Waals surface area (Å²) < 4.78 is 25.9. The van der Waals surface area contributed by atoms with Crippen LogP contribution >= 0.6 is 0 Å². The second-order valence-corrected chi connectivity index (χ2v) is 3.12. The number of halogens is 2. The van der Waals surface area contributed by atoms with Crippen molar-refractivity contribution < 1.29 is 8.78 Å². The molecule has 0 aliphatic rings. The van der Waals surface area contributed by atoms with E-state index in [0.717, 1.165) is 6.07 Å². The predicted molar refractivity (Wildman–Crippen MR) is 48.3 cm³/mol. The summed E-state index contributed by atoms with van der Waals surface area (Å²) in [4.78, 5) is 0. The first kappa shape index (κ1) is 10.1. The normalized spacial score (nSPS) is 13.0. The molecule has 0 aromatic heterocycles. The van der Waals surface area contributed by atoms with E-state index in [1.807, 2.05) is 6.92 Å². The van der Waals surface area contributed by atoms with E-state index >= 15 is 0 Å². The van der Waals surface area contributed by atoms with Crippen molar-refractivity contribution >= 4 is 0 Å². The zero-order chi connectivity index (χ0) is 10.0. The standard InChI is InChI=1S/C10H13F2N/c1-3-10(13)8-4-7(11)5-9(12)6(8)2/h4-5,10H,3,13H2,1-2H3/t10-/m1/s1. The Bertz CT molecular complexity index is 310. The minimum absolute atomic E-state index is 0.287. The molecule has 13 heavy (non-hydrogen) atoms. The van der Waals surface area contributed by atoms with Gasteiger partial charge in [0, 0.05) is 12.1 Å². The van der Waals surface area contributed by atoms with Gasteiger partial charge in [0.15, 0.2) is 0 Å². The van der Waals surface area contributed by atoms with Crippen molar-refractivity contribution in [3.63, 3.8) is 0 Å². The molecule has 0 unspecified atom stereocenters. The van der Waals surface area contributed by atoms with Crippen LogP contribution in [0.1, 0.15) is 30.5 Å². The lowest BCUT2D eigenvalue weighted by Crippen LogP contribution is -2.11. The van der Waals surface area contributed by atoms with E-state index in [2.05, 4.69) is 0 Å². The average Bonchev–Trinajstić information content (AvgIpc) is 2.10. The maximum Gasteiger partial charge on any atom is 0.129 e. The summed E-state index contributed by atoms with van der Waals surface area (Å²) in [7, 11) is 0. The van der Waals surface area contributed by atoms with Crippen molar-refractivity contribution in [2.45, 2.75) is 26.3 Å². The highest BCUT2D eigenvalue weighted by atomic mass is 19.1. The average molecular weight is 185 g/mol. The summed E-state index contributed by atoms with van der Waals surface area (Å²) in [6, 6.07) is 1.89. The van der Waals surface area contributed by atoms with E-state index in [1.165, 1.54) is 6.07 Å². The first-order valence-electron chi connectivity index (χ1n) is 4.27. The molecule has 0 saturated carbocycles.